The molecular formula is C29H32ClN7O5S. The standard InChI is InChI=1S/C29H32ClN7O5S/c1-17-15-20(18(2)32-22-8-9-23(30)33-26(22)27(38)35-43(4,40)41)25-21(16-17)28(39)36(3)29(34-25)37-13-10-19(11-14-37)42-24-7-5-6-12-31-24/h5-9,12,15-16,18-19,32H,10-11,13-14H2,1-4H3,(H,35,38)/t18-/m1/s1. The number of piperidine rings is 1. The maximum atomic E-state index is 13.6. The molecule has 4 heterocycles. The molecule has 3 aromatic heterocycles. The lowest BCUT2D eigenvalue weighted by Gasteiger charge is -2.33. The summed E-state index contributed by atoms with van der Waals surface area (Å²) in [5.41, 5.74) is 2.03. The predicted molar refractivity (Wildman–Crippen MR) is 165 cm³/mol. The lowest BCUT2D eigenvalue weighted by atomic mass is 10.0. The molecule has 5 rings (SSSR count). The summed E-state index contributed by atoms with van der Waals surface area (Å²) in [4.78, 5) is 41.7. The van der Waals surface area contributed by atoms with Gasteiger partial charge in [-0.1, -0.05) is 23.7 Å². The number of halogens is 1. The van der Waals surface area contributed by atoms with Crippen LogP contribution in [-0.2, 0) is 17.1 Å². The zero-order valence-electron chi connectivity index (χ0n) is 24.2. The Bertz CT molecular complexity index is 1840. The summed E-state index contributed by atoms with van der Waals surface area (Å²) in [5.74, 6) is 0.220. The number of hydrogen-bond donors (Lipinski definition) is 2. The molecule has 1 saturated heterocycles. The summed E-state index contributed by atoms with van der Waals surface area (Å²) >= 11 is 6.03. The van der Waals surface area contributed by atoms with Crippen LogP contribution in [0.15, 0.2) is 53.5 Å². The van der Waals surface area contributed by atoms with Gasteiger partial charge in [-0.15, -0.1) is 0 Å². The lowest BCUT2D eigenvalue weighted by Crippen LogP contribution is -2.41. The summed E-state index contributed by atoms with van der Waals surface area (Å²) in [7, 11) is -2.11. The fourth-order valence-corrected chi connectivity index (χ4v) is 5.75. The number of nitrogens with one attached hydrogen (secondary N) is 2. The van der Waals surface area contributed by atoms with Crippen LogP contribution in [-0.4, -0.2) is 59.3 Å². The highest BCUT2D eigenvalue weighted by Gasteiger charge is 2.26. The first kappa shape index (κ1) is 30.2. The smallest absolute Gasteiger partial charge is 0.285 e. The number of sulfonamides is 1. The Morgan fingerprint density at radius 3 is 2.56 bits per heavy atom. The van der Waals surface area contributed by atoms with E-state index in [1.165, 1.54) is 6.07 Å². The van der Waals surface area contributed by atoms with Gasteiger partial charge < -0.3 is 15.0 Å². The van der Waals surface area contributed by atoms with Gasteiger partial charge in [0.05, 0.1) is 28.9 Å². The molecule has 0 aliphatic carbocycles. The summed E-state index contributed by atoms with van der Waals surface area (Å²) in [5, 5.41) is 3.74. The van der Waals surface area contributed by atoms with Gasteiger partial charge in [0, 0.05) is 50.8 Å². The minimum atomic E-state index is -3.83. The highest BCUT2D eigenvalue weighted by molar-refractivity contribution is 7.89. The van der Waals surface area contributed by atoms with Gasteiger partial charge in [-0.2, -0.15) is 0 Å². The molecule has 12 nitrogen and oxygen atoms in total. The normalized spacial score (nSPS) is 14.9. The maximum Gasteiger partial charge on any atom is 0.285 e. The minimum Gasteiger partial charge on any atom is -0.474 e. The highest BCUT2D eigenvalue weighted by atomic mass is 35.5. The number of aromatic nitrogens is 4. The molecule has 4 aromatic rings. The van der Waals surface area contributed by atoms with E-state index < -0.39 is 22.0 Å². The molecule has 14 heteroatoms. The first-order chi connectivity index (χ1) is 20.4. The van der Waals surface area contributed by atoms with Crippen molar-refractivity contribution in [3.63, 3.8) is 0 Å². The molecule has 2 N–H and O–H groups in total. The van der Waals surface area contributed by atoms with Gasteiger partial charge in [0.2, 0.25) is 21.9 Å². The third-order valence-corrected chi connectivity index (χ3v) is 7.94. The van der Waals surface area contributed by atoms with Crippen LogP contribution in [0.3, 0.4) is 0 Å². The van der Waals surface area contributed by atoms with Crippen LogP contribution in [0.5, 0.6) is 5.88 Å². The second-order valence-electron chi connectivity index (χ2n) is 10.6. The molecule has 1 aliphatic rings. The number of ether oxygens (including phenoxy) is 1. The van der Waals surface area contributed by atoms with Gasteiger partial charge in [-0.3, -0.25) is 14.2 Å². The Balaban J connectivity index is 1.45. The van der Waals surface area contributed by atoms with Gasteiger partial charge in [0.25, 0.3) is 11.5 Å². The van der Waals surface area contributed by atoms with Crippen molar-refractivity contribution in [1.29, 1.82) is 0 Å². The van der Waals surface area contributed by atoms with Crippen molar-refractivity contribution >= 4 is 50.1 Å². The van der Waals surface area contributed by atoms with Gasteiger partial charge in [-0.05, 0) is 43.7 Å². The third-order valence-electron chi connectivity index (χ3n) is 7.17. The molecule has 1 amide bonds. The molecular weight excluding hydrogens is 594 g/mol. The van der Waals surface area contributed by atoms with Crippen LogP contribution in [0.4, 0.5) is 11.6 Å². The van der Waals surface area contributed by atoms with Crippen molar-refractivity contribution in [2.45, 2.75) is 38.8 Å². The lowest BCUT2D eigenvalue weighted by molar-refractivity contribution is 0.0977. The minimum absolute atomic E-state index is 0.00754. The summed E-state index contributed by atoms with van der Waals surface area (Å²) < 4.78 is 32.9. The van der Waals surface area contributed by atoms with Crippen LogP contribution < -0.4 is 25.2 Å². The average Bonchev–Trinajstić information content (AvgIpc) is 2.96. The second-order valence-corrected chi connectivity index (χ2v) is 12.7. The zero-order chi connectivity index (χ0) is 30.9. The largest absolute Gasteiger partial charge is 0.474 e. The van der Waals surface area contributed by atoms with E-state index in [9.17, 15) is 18.0 Å². The second kappa shape index (κ2) is 12.2. The Kier molecular flexibility index (Phi) is 8.56. The number of hydrogen-bond acceptors (Lipinski definition) is 10. The van der Waals surface area contributed by atoms with E-state index >= 15 is 0 Å². The number of aryl methyl sites for hydroxylation is 1. The Morgan fingerprint density at radius 2 is 1.88 bits per heavy atom. The molecule has 0 saturated carbocycles. The first-order valence-corrected chi connectivity index (χ1v) is 16.0. The van der Waals surface area contributed by atoms with E-state index in [1.54, 1.807) is 23.9 Å². The van der Waals surface area contributed by atoms with Crippen LogP contribution >= 0.6 is 11.6 Å². The van der Waals surface area contributed by atoms with Crippen LogP contribution in [0.1, 0.15) is 47.4 Å². The predicted octanol–water partition coefficient (Wildman–Crippen LogP) is 3.60. The van der Waals surface area contributed by atoms with Crippen molar-refractivity contribution in [2.24, 2.45) is 7.05 Å². The summed E-state index contributed by atoms with van der Waals surface area (Å²) in [6.45, 7) is 5.05. The van der Waals surface area contributed by atoms with Crippen molar-refractivity contribution < 1.29 is 17.9 Å². The van der Waals surface area contributed by atoms with Crippen LogP contribution in [0.2, 0.25) is 5.15 Å². The van der Waals surface area contributed by atoms with Gasteiger partial charge in [-0.25, -0.2) is 28.1 Å². The van der Waals surface area contributed by atoms with Crippen LogP contribution in [0.25, 0.3) is 10.9 Å². The molecule has 1 aromatic carbocycles. The number of fused-ring (bicyclic) bond motifs is 1. The number of amides is 1. The van der Waals surface area contributed by atoms with E-state index in [2.05, 4.69) is 20.2 Å². The van der Waals surface area contributed by atoms with Gasteiger partial charge in [0.1, 0.15) is 11.3 Å². The van der Waals surface area contributed by atoms with E-state index in [-0.39, 0.29) is 28.2 Å². The molecule has 1 aliphatic heterocycles. The average molecular weight is 626 g/mol. The summed E-state index contributed by atoms with van der Waals surface area (Å²) in [6, 6.07) is 11.9. The van der Waals surface area contributed by atoms with Crippen molar-refractivity contribution in [2.75, 3.05) is 29.6 Å². The van der Waals surface area contributed by atoms with Crippen molar-refractivity contribution in [3.05, 3.63) is 81.0 Å². The molecule has 0 bridgehead atoms. The number of rotatable bonds is 8. The summed E-state index contributed by atoms with van der Waals surface area (Å²) in [6.07, 6.45) is 4.07. The number of benzene rings is 1. The zero-order valence-corrected chi connectivity index (χ0v) is 25.7. The molecule has 0 unspecified atom stereocenters. The van der Waals surface area contributed by atoms with Gasteiger partial charge in [0.15, 0.2) is 5.69 Å². The molecule has 43 heavy (non-hydrogen) atoms. The molecule has 0 radical (unpaired) electrons. The topological polar surface area (TPSA) is 148 Å². The van der Waals surface area contributed by atoms with Crippen molar-refractivity contribution in [3.8, 4) is 5.88 Å². The fourth-order valence-electron chi connectivity index (χ4n) is 5.17. The Hall–Kier alpha value is -4.23. The number of carbonyl (C=O) groups is 1. The molecule has 0 spiro atoms. The first-order valence-electron chi connectivity index (χ1n) is 13.7. The number of nitrogens with zero attached hydrogens (tertiary/aromatic N) is 5. The molecule has 226 valence electrons. The SMILES string of the molecule is Cc1cc([C@@H](C)Nc2ccc(Cl)nc2C(=O)NS(C)(=O)=O)c2nc(N3CCC(Oc4ccccn4)CC3)n(C)c(=O)c2c1. The highest BCUT2D eigenvalue weighted by Crippen LogP contribution is 2.30. The van der Waals surface area contributed by atoms with E-state index in [1.807, 2.05) is 48.9 Å². The monoisotopic (exact) mass is 625 g/mol. The van der Waals surface area contributed by atoms with Crippen LogP contribution in [0, 0.1) is 6.92 Å². The number of anilines is 2. The Labute approximate surface area is 254 Å². The fraction of sp³-hybridized carbons (Fsp3) is 0.345. The number of pyridine rings is 2. The van der Waals surface area contributed by atoms with Crippen molar-refractivity contribution in [1.82, 2.24) is 24.2 Å². The molecule has 1 fully saturated rings. The number of carbonyl (C=O) groups excluding carboxylic acids is 1. The van der Waals surface area contributed by atoms with E-state index in [0.717, 1.165) is 30.2 Å². The molecule has 1 atom stereocenters. The third kappa shape index (κ3) is 6.89. The maximum absolute atomic E-state index is 13.6. The van der Waals surface area contributed by atoms with E-state index in [4.69, 9.17) is 21.3 Å². The Morgan fingerprint density at radius 1 is 1.14 bits per heavy atom. The van der Waals surface area contributed by atoms with Gasteiger partial charge >= 0.3 is 0 Å². The quantitative estimate of drug-likeness (QED) is 0.278. The van der Waals surface area contributed by atoms with E-state index in [0.29, 0.717) is 35.8 Å².